The van der Waals surface area contributed by atoms with E-state index in [1.807, 2.05) is 6.92 Å². The highest BCUT2D eigenvalue weighted by Gasteiger charge is 2.21. The zero-order chi connectivity index (χ0) is 14.8. The fraction of sp³-hybridized carbons (Fsp3) is 0.167. The SMILES string of the molecule is CCOc1cccc(NS(=O)(=O)c2cc(Cl)sc2Cl)c1. The molecule has 108 valence electrons. The molecule has 2 rings (SSSR count). The molecule has 1 N–H and O–H groups in total. The first kappa shape index (κ1) is 15.4. The van der Waals surface area contributed by atoms with Crippen LogP contribution < -0.4 is 9.46 Å². The van der Waals surface area contributed by atoms with Crippen LogP contribution in [0.1, 0.15) is 6.92 Å². The molecule has 0 saturated carbocycles. The van der Waals surface area contributed by atoms with Crippen molar-refractivity contribution in [3.63, 3.8) is 0 Å². The average molecular weight is 352 g/mol. The van der Waals surface area contributed by atoms with Gasteiger partial charge in [-0.05, 0) is 25.1 Å². The van der Waals surface area contributed by atoms with Crippen molar-refractivity contribution in [2.75, 3.05) is 11.3 Å². The van der Waals surface area contributed by atoms with Crippen molar-refractivity contribution >= 4 is 50.2 Å². The highest BCUT2D eigenvalue weighted by molar-refractivity contribution is 7.93. The van der Waals surface area contributed by atoms with Crippen LogP contribution in [0.2, 0.25) is 8.67 Å². The summed E-state index contributed by atoms with van der Waals surface area (Å²) < 4.78 is 32.6. The molecule has 20 heavy (non-hydrogen) atoms. The van der Waals surface area contributed by atoms with Crippen LogP contribution in [0, 0.1) is 0 Å². The van der Waals surface area contributed by atoms with Gasteiger partial charge in [0.1, 0.15) is 15.0 Å². The number of halogens is 2. The van der Waals surface area contributed by atoms with Crippen molar-refractivity contribution in [3.8, 4) is 5.75 Å². The van der Waals surface area contributed by atoms with Gasteiger partial charge in [0, 0.05) is 6.07 Å². The first-order chi connectivity index (χ1) is 9.42. The van der Waals surface area contributed by atoms with Crippen LogP contribution in [0.4, 0.5) is 5.69 Å². The van der Waals surface area contributed by atoms with Gasteiger partial charge in [-0.2, -0.15) is 0 Å². The minimum Gasteiger partial charge on any atom is -0.494 e. The molecule has 0 aliphatic carbocycles. The van der Waals surface area contributed by atoms with Crippen molar-refractivity contribution < 1.29 is 13.2 Å². The fourth-order valence-corrected chi connectivity index (χ4v) is 4.73. The summed E-state index contributed by atoms with van der Waals surface area (Å²) in [4.78, 5) is -0.0315. The third-order valence-electron chi connectivity index (χ3n) is 2.31. The Morgan fingerprint density at radius 3 is 2.65 bits per heavy atom. The second kappa shape index (κ2) is 6.22. The van der Waals surface area contributed by atoms with Gasteiger partial charge in [0.05, 0.1) is 16.6 Å². The topological polar surface area (TPSA) is 55.4 Å². The summed E-state index contributed by atoms with van der Waals surface area (Å²) in [7, 11) is -3.77. The molecule has 1 aromatic heterocycles. The lowest BCUT2D eigenvalue weighted by atomic mass is 10.3. The van der Waals surface area contributed by atoms with Gasteiger partial charge in [-0.3, -0.25) is 4.72 Å². The Kier molecular flexibility index (Phi) is 4.80. The molecule has 0 spiro atoms. The van der Waals surface area contributed by atoms with Crippen molar-refractivity contribution in [2.24, 2.45) is 0 Å². The van der Waals surface area contributed by atoms with Gasteiger partial charge >= 0.3 is 0 Å². The number of nitrogens with one attached hydrogen (secondary N) is 1. The Balaban J connectivity index is 2.28. The molecule has 0 amide bonds. The standard InChI is InChI=1S/C12H11Cl2NO3S2/c1-2-18-9-5-3-4-8(6-9)15-20(16,17)10-7-11(13)19-12(10)14/h3-7,15H,2H2,1H3. The fourth-order valence-electron chi connectivity index (χ4n) is 1.53. The quantitative estimate of drug-likeness (QED) is 0.875. The van der Waals surface area contributed by atoms with E-state index < -0.39 is 10.0 Å². The Hall–Kier alpha value is -0.950. The van der Waals surface area contributed by atoms with Gasteiger partial charge < -0.3 is 4.74 Å². The van der Waals surface area contributed by atoms with Crippen LogP contribution in [0.5, 0.6) is 5.75 Å². The lowest BCUT2D eigenvalue weighted by Gasteiger charge is -2.09. The van der Waals surface area contributed by atoms with Gasteiger partial charge in [-0.15, -0.1) is 11.3 Å². The van der Waals surface area contributed by atoms with E-state index in [1.54, 1.807) is 24.3 Å². The molecule has 0 aliphatic heterocycles. The number of hydrogen-bond acceptors (Lipinski definition) is 4. The first-order valence-electron chi connectivity index (χ1n) is 5.63. The Bertz CT molecular complexity index is 713. The smallest absolute Gasteiger partial charge is 0.264 e. The number of rotatable bonds is 5. The van der Waals surface area contributed by atoms with E-state index in [4.69, 9.17) is 27.9 Å². The van der Waals surface area contributed by atoms with E-state index in [0.29, 0.717) is 22.4 Å². The molecular formula is C12H11Cl2NO3S2. The number of benzene rings is 1. The number of thiophene rings is 1. The molecule has 2 aromatic rings. The molecule has 0 atom stereocenters. The predicted molar refractivity (Wildman–Crippen MR) is 82.8 cm³/mol. The largest absolute Gasteiger partial charge is 0.494 e. The minimum absolute atomic E-state index is 0.0315. The van der Waals surface area contributed by atoms with Gasteiger partial charge in [-0.1, -0.05) is 29.3 Å². The second-order valence-corrected chi connectivity index (χ2v) is 7.69. The zero-order valence-electron chi connectivity index (χ0n) is 10.4. The van der Waals surface area contributed by atoms with Crippen molar-refractivity contribution in [2.45, 2.75) is 11.8 Å². The third kappa shape index (κ3) is 3.58. The van der Waals surface area contributed by atoms with E-state index in [1.165, 1.54) is 6.07 Å². The number of ether oxygens (including phenoxy) is 1. The molecule has 1 heterocycles. The highest BCUT2D eigenvalue weighted by Crippen LogP contribution is 2.35. The van der Waals surface area contributed by atoms with Crippen LogP contribution >= 0.6 is 34.5 Å². The molecule has 0 aliphatic rings. The first-order valence-corrected chi connectivity index (χ1v) is 8.68. The highest BCUT2D eigenvalue weighted by atomic mass is 35.5. The van der Waals surface area contributed by atoms with Crippen LogP contribution in [-0.2, 0) is 10.0 Å². The Morgan fingerprint density at radius 1 is 1.30 bits per heavy atom. The lowest BCUT2D eigenvalue weighted by molar-refractivity contribution is 0.340. The molecule has 0 bridgehead atoms. The summed E-state index contributed by atoms with van der Waals surface area (Å²) in [5.41, 5.74) is 0.398. The van der Waals surface area contributed by atoms with E-state index in [0.717, 1.165) is 11.3 Å². The third-order valence-corrected chi connectivity index (χ3v) is 5.45. The van der Waals surface area contributed by atoms with Crippen molar-refractivity contribution in [3.05, 3.63) is 39.0 Å². The van der Waals surface area contributed by atoms with Crippen molar-refractivity contribution in [1.82, 2.24) is 0 Å². The maximum atomic E-state index is 12.2. The number of anilines is 1. The van der Waals surface area contributed by atoms with Crippen LogP contribution in [0.15, 0.2) is 35.2 Å². The molecule has 0 unspecified atom stereocenters. The van der Waals surface area contributed by atoms with Crippen molar-refractivity contribution in [1.29, 1.82) is 0 Å². The van der Waals surface area contributed by atoms with Gasteiger partial charge in [0.25, 0.3) is 10.0 Å². The van der Waals surface area contributed by atoms with Gasteiger partial charge in [0.2, 0.25) is 0 Å². The monoisotopic (exact) mass is 351 g/mol. The average Bonchev–Trinajstić information content (AvgIpc) is 2.69. The normalized spacial score (nSPS) is 11.3. The van der Waals surface area contributed by atoms with Crippen LogP contribution in [0.25, 0.3) is 0 Å². The van der Waals surface area contributed by atoms with Crippen LogP contribution in [0.3, 0.4) is 0 Å². The molecule has 8 heteroatoms. The van der Waals surface area contributed by atoms with E-state index >= 15 is 0 Å². The van der Waals surface area contributed by atoms with E-state index in [-0.39, 0.29) is 9.23 Å². The predicted octanol–water partition coefficient (Wildman–Crippen LogP) is 4.25. The molecule has 4 nitrogen and oxygen atoms in total. The van der Waals surface area contributed by atoms with E-state index in [9.17, 15) is 8.42 Å². The lowest BCUT2D eigenvalue weighted by Crippen LogP contribution is -2.12. The zero-order valence-corrected chi connectivity index (χ0v) is 13.5. The summed E-state index contributed by atoms with van der Waals surface area (Å²) in [5.74, 6) is 0.585. The second-order valence-electron chi connectivity index (χ2n) is 3.75. The molecule has 0 fully saturated rings. The summed E-state index contributed by atoms with van der Waals surface area (Å²) in [6.45, 7) is 2.35. The number of hydrogen-bond donors (Lipinski definition) is 1. The van der Waals surface area contributed by atoms with Gasteiger partial charge in [-0.25, -0.2) is 8.42 Å². The molecule has 1 aromatic carbocycles. The van der Waals surface area contributed by atoms with E-state index in [2.05, 4.69) is 4.72 Å². The maximum Gasteiger partial charge on any atom is 0.264 e. The summed E-state index contributed by atoms with van der Waals surface area (Å²) in [6.07, 6.45) is 0. The summed E-state index contributed by atoms with van der Waals surface area (Å²) >= 11 is 12.6. The molecule has 0 saturated heterocycles. The molecular weight excluding hydrogens is 341 g/mol. The maximum absolute atomic E-state index is 12.2. The minimum atomic E-state index is -3.77. The Morgan fingerprint density at radius 2 is 2.05 bits per heavy atom. The number of sulfonamides is 1. The van der Waals surface area contributed by atoms with Crippen LogP contribution in [-0.4, -0.2) is 15.0 Å². The van der Waals surface area contributed by atoms with Gasteiger partial charge in [0.15, 0.2) is 0 Å². The summed E-state index contributed by atoms with van der Waals surface area (Å²) in [5, 5.41) is 0. The summed E-state index contributed by atoms with van der Waals surface area (Å²) in [6, 6.07) is 7.99. The molecule has 0 radical (unpaired) electrons. The Labute approximate surface area is 131 Å².